The molecule has 0 aliphatic carbocycles. The maximum absolute atomic E-state index is 12.3. The molecule has 30 heavy (non-hydrogen) atoms. The standard InChI is InChI=1S/C24H25ClN2O3/c1-29-23-13-12-19(16-22(23)25)26-17-24(28)27-20-10-5-11-21(15-20)30-14-6-9-18-7-3-2-4-8-18/h2-5,7-8,10-13,15-16,26H,6,9,14,17H2,1H3,(H,27,28). The number of rotatable bonds is 10. The molecule has 3 aromatic carbocycles. The molecule has 6 heteroatoms. The molecule has 5 nitrogen and oxygen atoms in total. The third-order valence-corrected chi connectivity index (χ3v) is 4.74. The molecule has 0 atom stereocenters. The van der Waals surface area contributed by atoms with Gasteiger partial charge in [0.25, 0.3) is 0 Å². The number of halogens is 1. The molecule has 3 aromatic rings. The van der Waals surface area contributed by atoms with Crippen LogP contribution >= 0.6 is 11.6 Å². The molecule has 0 radical (unpaired) electrons. The molecule has 2 N–H and O–H groups in total. The first-order chi connectivity index (χ1) is 14.6. The van der Waals surface area contributed by atoms with Crippen molar-refractivity contribution in [3.8, 4) is 11.5 Å². The van der Waals surface area contributed by atoms with Crippen molar-refractivity contribution in [3.05, 3.63) is 83.4 Å². The molecule has 0 aromatic heterocycles. The number of carbonyl (C=O) groups is 1. The van der Waals surface area contributed by atoms with Crippen LogP contribution in [0.15, 0.2) is 72.8 Å². The predicted molar refractivity (Wildman–Crippen MR) is 122 cm³/mol. The number of anilines is 2. The fraction of sp³-hybridized carbons (Fsp3) is 0.208. The highest BCUT2D eigenvalue weighted by Crippen LogP contribution is 2.27. The Morgan fingerprint density at radius 2 is 1.80 bits per heavy atom. The van der Waals surface area contributed by atoms with Crippen molar-refractivity contribution >= 4 is 28.9 Å². The highest BCUT2D eigenvalue weighted by molar-refractivity contribution is 6.32. The molecule has 0 spiro atoms. The average Bonchev–Trinajstić information content (AvgIpc) is 2.76. The Morgan fingerprint density at radius 3 is 2.57 bits per heavy atom. The monoisotopic (exact) mass is 424 g/mol. The van der Waals surface area contributed by atoms with Crippen molar-refractivity contribution in [1.82, 2.24) is 0 Å². The smallest absolute Gasteiger partial charge is 0.243 e. The van der Waals surface area contributed by atoms with Gasteiger partial charge in [-0.2, -0.15) is 0 Å². The summed E-state index contributed by atoms with van der Waals surface area (Å²) in [6, 6.07) is 23.0. The lowest BCUT2D eigenvalue weighted by Gasteiger charge is -2.11. The van der Waals surface area contributed by atoms with Crippen LogP contribution in [0.25, 0.3) is 0 Å². The van der Waals surface area contributed by atoms with Crippen LogP contribution in [-0.4, -0.2) is 26.2 Å². The minimum atomic E-state index is -0.164. The summed E-state index contributed by atoms with van der Waals surface area (Å²) in [5.41, 5.74) is 2.73. The lowest BCUT2D eigenvalue weighted by molar-refractivity contribution is -0.114. The average molecular weight is 425 g/mol. The molecule has 0 heterocycles. The van der Waals surface area contributed by atoms with Crippen LogP contribution < -0.4 is 20.1 Å². The van der Waals surface area contributed by atoms with Gasteiger partial charge in [0.2, 0.25) is 5.91 Å². The van der Waals surface area contributed by atoms with E-state index in [-0.39, 0.29) is 12.5 Å². The molecule has 0 fully saturated rings. The van der Waals surface area contributed by atoms with Crippen LogP contribution in [0.2, 0.25) is 5.02 Å². The normalized spacial score (nSPS) is 10.3. The highest BCUT2D eigenvalue weighted by Gasteiger charge is 2.06. The number of nitrogens with one attached hydrogen (secondary N) is 2. The van der Waals surface area contributed by atoms with Crippen LogP contribution in [0.5, 0.6) is 11.5 Å². The van der Waals surface area contributed by atoms with E-state index in [0.29, 0.717) is 23.1 Å². The third kappa shape index (κ3) is 6.71. The number of ether oxygens (including phenoxy) is 2. The van der Waals surface area contributed by atoms with Gasteiger partial charge in [0.1, 0.15) is 11.5 Å². The van der Waals surface area contributed by atoms with Gasteiger partial charge in [-0.15, -0.1) is 0 Å². The number of aryl methyl sites for hydroxylation is 1. The zero-order valence-corrected chi connectivity index (χ0v) is 17.6. The summed E-state index contributed by atoms with van der Waals surface area (Å²) in [7, 11) is 1.56. The SMILES string of the molecule is COc1ccc(NCC(=O)Nc2cccc(OCCCc3ccccc3)c2)cc1Cl. The fourth-order valence-electron chi connectivity index (χ4n) is 2.94. The number of benzene rings is 3. The first-order valence-corrected chi connectivity index (χ1v) is 10.2. The Hall–Kier alpha value is -3.18. The van der Waals surface area contributed by atoms with Gasteiger partial charge < -0.3 is 20.1 Å². The third-order valence-electron chi connectivity index (χ3n) is 4.44. The minimum absolute atomic E-state index is 0.116. The summed E-state index contributed by atoms with van der Waals surface area (Å²) in [4.78, 5) is 12.3. The lowest BCUT2D eigenvalue weighted by Crippen LogP contribution is -2.21. The van der Waals surface area contributed by atoms with Gasteiger partial charge in [-0.3, -0.25) is 4.79 Å². The van der Waals surface area contributed by atoms with Gasteiger partial charge in [0, 0.05) is 17.4 Å². The highest BCUT2D eigenvalue weighted by atomic mass is 35.5. The maximum atomic E-state index is 12.3. The largest absolute Gasteiger partial charge is 0.495 e. The van der Waals surface area contributed by atoms with Gasteiger partial charge in [-0.05, 0) is 48.7 Å². The van der Waals surface area contributed by atoms with Crippen molar-refractivity contribution < 1.29 is 14.3 Å². The van der Waals surface area contributed by atoms with Crippen molar-refractivity contribution in [2.45, 2.75) is 12.8 Å². The minimum Gasteiger partial charge on any atom is -0.495 e. The van der Waals surface area contributed by atoms with Crippen molar-refractivity contribution in [2.75, 3.05) is 30.9 Å². The summed E-state index contributed by atoms with van der Waals surface area (Å²) in [5, 5.41) is 6.40. The maximum Gasteiger partial charge on any atom is 0.243 e. The van der Waals surface area contributed by atoms with E-state index >= 15 is 0 Å². The second-order valence-electron chi connectivity index (χ2n) is 6.72. The molecular weight excluding hydrogens is 400 g/mol. The number of hydrogen-bond acceptors (Lipinski definition) is 4. The summed E-state index contributed by atoms with van der Waals surface area (Å²) in [5.74, 6) is 1.16. The summed E-state index contributed by atoms with van der Waals surface area (Å²) in [6.07, 6.45) is 1.90. The lowest BCUT2D eigenvalue weighted by atomic mass is 10.1. The van der Waals surface area contributed by atoms with Crippen molar-refractivity contribution in [2.24, 2.45) is 0 Å². The molecule has 0 aliphatic heterocycles. The van der Waals surface area contributed by atoms with Crippen LogP contribution in [0, 0.1) is 0 Å². The van der Waals surface area contributed by atoms with Crippen LogP contribution in [-0.2, 0) is 11.2 Å². The quantitative estimate of drug-likeness (QED) is 0.427. The second kappa shape index (κ2) is 11.1. The second-order valence-corrected chi connectivity index (χ2v) is 7.12. The van der Waals surface area contributed by atoms with Gasteiger partial charge >= 0.3 is 0 Å². The van der Waals surface area contributed by atoms with Gasteiger partial charge in [-0.1, -0.05) is 48.0 Å². The van der Waals surface area contributed by atoms with E-state index < -0.39 is 0 Å². The van der Waals surface area contributed by atoms with E-state index in [0.717, 1.165) is 24.3 Å². The van der Waals surface area contributed by atoms with Crippen LogP contribution in [0.3, 0.4) is 0 Å². The van der Waals surface area contributed by atoms with E-state index in [2.05, 4.69) is 22.8 Å². The summed E-state index contributed by atoms with van der Waals surface area (Å²) < 4.78 is 10.9. The van der Waals surface area contributed by atoms with E-state index in [1.165, 1.54) is 5.56 Å². The number of hydrogen-bond donors (Lipinski definition) is 2. The predicted octanol–water partition coefficient (Wildman–Crippen LogP) is 5.41. The van der Waals surface area contributed by atoms with Gasteiger partial charge in [-0.25, -0.2) is 0 Å². The van der Waals surface area contributed by atoms with Gasteiger partial charge in [0.15, 0.2) is 0 Å². The first-order valence-electron chi connectivity index (χ1n) is 9.78. The topological polar surface area (TPSA) is 59.6 Å². The molecule has 156 valence electrons. The molecule has 3 rings (SSSR count). The van der Waals surface area contributed by atoms with Crippen LogP contribution in [0.1, 0.15) is 12.0 Å². The molecule has 0 bridgehead atoms. The summed E-state index contributed by atoms with van der Waals surface area (Å²) >= 11 is 6.10. The fourth-order valence-corrected chi connectivity index (χ4v) is 3.20. The molecule has 0 saturated carbocycles. The Morgan fingerprint density at radius 1 is 0.967 bits per heavy atom. The van der Waals surface area contributed by atoms with Crippen molar-refractivity contribution in [3.63, 3.8) is 0 Å². The number of methoxy groups -OCH3 is 1. The van der Waals surface area contributed by atoms with E-state index in [9.17, 15) is 4.79 Å². The van der Waals surface area contributed by atoms with Crippen LogP contribution in [0.4, 0.5) is 11.4 Å². The van der Waals surface area contributed by atoms with E-state index in [4.69, 9.17) is 21.1 Å². The first kappa shape index (κ1) is 21.5. The molecule has 1 amide bonds. The zero-order valence-electron chi connectivity index (χ0n) is 16.9. The Bertz CT molecular complexity index is 964. The molecule has 0 saturated heterocycles. The Balaban J connectivity index is 1.43. The Kier molecular flexibility index (Phi) is 7.98. The van der Waals surface area contributed by atoms with E-state index in [1.54, 1.807) is 19.2 Å². The van der Waals surface area contributed by atoms with E-state index in [1.807, 2.05) is 48.5 Å². The Labute approximate surface area is 182 Å². The molecular formula is C24H25ClN2O3. The molecule has 0 aliphatic rings. The van der Waals surface area contributed by atoms with Crippen molar-refractivity contribution in [1.29, 1.82) is 0 Å². The number of carbonyl (C=O) groups excluding carboxylic acids is 1. The summed E-state index contributed by atoms with van der Waals surface area (Å²) in [6.45, 7) is 0.733. The zero-order chi connectivity index (χ0) is 21.2. The van der Waals surface area contributed by atoms with Gasteiger partial charge in [0.05, 0.1) is 25.3 Å². The molecule has 0 unspecified atom stereocenters. The number of amides is 1.